The summed E-state index contributed by atoms with van der Waals surface area (Å²) in [4.78, 5) is 31.9. The fourth-order valence-electron chi connectivity index (χ4n) is 3.85. The molecule has 4 aromatic rings. The molecule has 1 amide bonds. The molecule has 36 heavy (non-hydrogen) atoms. The summed E-state index contributed by atoms with van der Waals surface area (Å²) in [6.07, 6.45) is 0.433. The maximum absolute atomic E-state index is 11.7. The van der Waals surface area contributed by atoms with Crippen LogP contribution in [0.4, 0.5) is 11.4 Å². The van der Waals surface area contributed by atoms with Crippen LogP contribution in [0.3, 0.4) is 0 Å². The maximum atomic E-state index is 11.7. The van der Waals surface area contributed by atoms with Gasteiger partial charge < -0.3 is 20.3 Å². The SMILES string of the molecule is CN(C)C(=O)CCNCc1ccc(N=C(c2ccccc2)c2c(O)[nH]c3ccc([N+](=O)[O-])cc23)cc1. The number of carbonyl (C=O) groups is 1. The van der Waals surface area contributed by atoms with Gasteiger partial charge in [0.1, 0.15) is 0 Å². The van der Waals surface area contributed by atoms with Gasteiger partial charge in [0.15, 0.2) is 5.88 Å². The van der Waals surface area contributed by atoms with Crippen LogP contribution in [0.25, 0.3) is 10.9 Å². The minimum absolute atomic E-state index is 0.0701. The van der Waals surface area contributed by atoms with Crippen molar-refractivity contribution in [3.8, 4) is 5.88 Å². The lowest BCUT2D eigenvalue weighted by molar-refractivity contribution is -0.384. The summed E-state index contributed by atoms with van der Waals surface area (Å²) < 4.78 is 0. The summed E-state index contributed by atoms with van der Waals surface area (Å²) in [5.41, 5.74) is 3.86. The predicted octanol–water partition coefficient (Wildman–Crippen LogP) is 4.52. The van der Waals surface area contributed by atoms with Gasteiger partial charge in [0.25, 0.3) is 5.69 Å². The van der Waals surface area contributed by atoms with Crippen LogP contribution in [0.2, 0.25) is 0 Å². The zero-order chi connectivity index (χ0) is 25.7. The predicted molar refractivity (Wildman–Crippen MR) is 140 cm³/mol. The van der Waals surface area contributed by atoms with Crippen molar-refractivity contribution >= 4 is 33.9 Å². The van der Waals surface area contributed by atoms with Crippen LogP contribution >= 0.6 is 0 Å². The average Bonchev–Trinajstić information content (AvgIpc) is 3.21. The number of amides is 1. The summed E-state index contributed by atoms with van der Waals surface area (Å²) in [6.45, 7) is 1.20. The van der Waals surface area contributed by atoms with Crippen molar-refractivity contribution < 1.29 is 14.8 Å². The van der Waals surface area contributed by atoms with Gasteiger partial charge in [-0.2, -0.15) is 0 Å². The molecule has 0 spiro atoms. The number of rotatable bonds is 9. The molecule has 0 aliphatic heterocycles. The zero-order valence-corrected chi connectivity index (χ0v) is 20.1. The van der Waals surface area contributed by atoms with Gasteiger partial charge in [-0.05, 0) is 23.8 Å². The Morgan fingerprint density at radius 3 is 2.47 bits per heavy atom. The number of aromatic amines is 1. The number of fused-ring (bicyclic) bond motifs is 1. The highest BCUT2D eigenvalue weighted by Gasteiger charge is 2.20. The Morgan fingerprint density at radius 1 is 1.08 bits per heavy atom. The van der Waals surface area contributed by atoms with Crippen LogP contribution in [0.5, 0.6) is 5.88 Å². The molecule has 0 radical (unpaired) electrons. The van der Waals surface area contributed by atoms with Gasteiger partial charge >= 0.3 is 0 Å². The standard InChI is InChI=1S/C27H27N5O4/c1-31(2)24(33)14-15-28-17-18-8-10-20(11-9-18)29-26(19-6-4-3-5-7-19)25-22-16-21(32(35)36)12-13-23(22)30-27(25)34/h3-13,16,28,30,34H,14-15,17H2,1-2H3. The van der Waals surface area contributed by atoms with Gasteiger partial charge in [0, 0.05) is 62.2 Å². The molecule has 9 heteroatoms. The minimum Gasteiger partial charge on any atom is -0.494 e. The number of nitrogens with zero attached hydrogens (tertiary/aromatic N) is 3. The maximum Gasteiger partial charge on any atom is 0.270 e. The van der Waals surface area contributed by atoms with Crippen molar-refractivity contribution in [1.82, 2.24) is 15.2 Å². The lowest BCUT2D eigenvalue weighted by Gasteiger charge is -2.11. The lowest BCUT2D eigenvalue weighted by Crippen LogP contribution is -2.26. The van der Waals surface area contributed by atoms with E-state index in [0.717, 1.165) is 11.1 Å². The number of non-ortho nitro benzene ring substituents is 1. The summed E-state index contributed by atoms with van der Waals surface area (Å²) >= 11 is 0. The molecule has 1 heterocycles. The molecule has 184 valence electrons. The molecule has 0 saturated heterocycles. The van der Waals surface area contributed by atoms with Crippen molar-refractivity contribution in [2.45, 2.75) is 13.0 Å². The third kappa shape index (κ3) is 5.59. The van der Waals surface area contributed by atoms with E-state index in [1.54, 1.807) is 25.1 Å². The second-order valence-electron chi connectivity index (χ2n) is 8.54. The number of aliphatic imine (C=N–C) groups is 1. The Bertz CT molecular complexity index is 1410. The van der Waals surface area contributed by atoms with Crippen LogP contribution < -0.4 is 5.32 Å². The summed E-state index contributed by atoms with van der Waals surface area (Å²) in [5, 5.41) is 25.9. The van der Waals surface area contributed by atoms with Gasteiger partial charge in [0.05, 0.1) is 21.9 Å². The number of aromatic hydroxyl groups is 1. The Balaban J connectivity index is 1.65. The Morgan fingerprint density at radius 2 is 1.81 bits per heavy atom. The zero-order valence-electron chi connectivity index (χ0n) is 20.1. The van der Waals surface area contributed by atoms with Crippen LogP contribution in [-0.2, 0) is 11.3 Å². The van der Waals surface area contributed by atoms with E-state index in [0.29, 0.717) is 47.4 Å². The van der Waals surface area contributed by atoms with E-state index in [1.165, 1.54) is 12.1 Å². The van der Waals surface area contributed by atoms with Crippen LogP contribution in [0.15, 0.2) is 77.8 Å². The van der Waals surface area contributed by atoms with Crippen molar-refractivity contribution in [2.24, 2.45) is 4.99 Å². The van der Waals surface area contributed by atoms with Gasteiger partial charge in [0.2, 0.25) is 5.91 Å². The van der Waals surface area contributed by atoms with Crippen LogP contribution in [0, 0.1) is 10.1 Å². The summed E-state index contributed by atoms with van der Waals surface area (Å²) in [6, 6.07) is 21.4. The smallest absolute Gasteiger partial charge is 0.270 e. The third-order valence-corrected chi connectivity index (χ3v) is 5.78. The molecule has 1 aromatic heterocycles. The minimum atomic E-state index is -0.463. The third-order valence-electron chi connectivity index (χ3n) is 5.78. The first-order chi connectivity index (χ1) is 17.3. The van der Waals surface area contributed by atoms with E-state index in [9.17, 15) is 20.0 Å². The van der Waals surface area contributed by atoms with Gasteiger partial charge in [-0.1, -0.05) is 42.5 Å². The van der Waals surface area contributed by atoms with Crippen molar-refractivity contribution in [3.63, 3.8) is 0 Å². The molecule has 9 nitrogen and oxygen atoms in total. The van der Waals surface area contributed by atoms with Gasteiger partial charge in [-0.25, -0.2) is 4.99 Å². The molecular formula is C27H27N5O4. The summed E-state index contributed by atoms with van der Waals surface area (Å²) in [5.74, 6) is -0.0346. The molecule has 3 N–H and O–H groups in total. The van der Waals surface area contributed by atoms with Crippen molar-refractivity contribution in [1.29, 1.82) is 0 Å². The topological polar surface area (TPSA) is 124 Å². The number of nitro benzene ring substituents is 1. The first-order valence-electron chi connectivity index (χ1n) is 11.5. The van der Waals surface area contributed by atoms with E-state index >= 15 is 0 Å². The first kappa shape index (κ1) is 24.6. The quantitative estimate of drug-likeness (QED) is 0.139. The fraction of sp³-hybridized carbons (Fsp3) is 0.185. The molecule has 0 fully saturated rings. The molecule has 0 atom stereocenters. The molecule has 4 rings (SSSR count). The average molecular weight is 486 g/mol. The second-order valence-corrected chi connectivity index (χ2v) is 8.54. The monoisotopic (exact) mass is 485 g/mol. The van der Waals surface area contributed by atoms with E-state index in [2.05, 4.69) is 10.3 Å². The Hall–Kier alpha value is -4.50. The molecular weight excluding hydrogens is 458 g/mol. The van der Waals surface area contributed by atoms with Crippen LogP contribution in [-0.4, -0.2) is 52.2 Å². The lowest BCUT2D eigenvalue weighted by atomic mass is 10.0. The summed E-state index contributed by atoms with van der Waals surface area (Å²) in [7, 11) is 3.48. The van der Waals surface area contributed by atoms with Crippen LogP contribution in [0.1, 0.15) is 23.1 Å². The number of benzene rings is 3. The number of nitrogens with one attached hydrogen (secondary N) is 2. The number of H-pyrrole nitrogens is 1. The highest BCUT2D eigenvalue weighted by atomic mass is 16.6. The van der Waals surface area contributed by atoms with Crippen molar-refractivity contribution in [2.75, 3.05) is 20.6 Å². The molecule has 0 aliphatic carbocycles. The second kappa shape index (κ2) is 10.8. The van der Waals surface area contributed by atoms with E-state index < -0.39 is 4.92 Å². The number of carbonyl (C=O) groups excluding carboxylic acids is 1. The van der Waals surface area contributed by atoms with Gasteiger partial charge in [-0.3, -0.25) is 14.9 Å². The number of nitro groups is 1. The van der Waals surface area contributed by atoms with E-state index in [-0.39, 0.29) is 17.5 Å². The van der Waals surface area contributed by atoms with E-state index in [4.69, 9.17) is 4.99 Å². The number of hydrogen-bond acceptors (Lipinski definition) is 6. The largest absolute Gasteiger partial charge is 0.494 e. The van der Waals surface area contributed by atoms with Crippen molar-refractivity contribution in [3.05, 3.63) is 99.6 Å². The number of hydrogen-bond donors (Lipinski definition) is 3. The Labute approximate surface area is 208 Å². The molecule has 0 unspecified atom stereocenters. The molecule has 0 aliphatic rings. The number of aromatic nitrogens is 1. The van der Waals surface area contributed by atoms with Gasteiger partial charge in [-0.15, -0.1) is 0 Å². The highest BCUT2D eigenvalue weighted by Crippen LogP contribution is 2.33. The first-order valence-corrected chi connectivity index (χ1v) is 11.5. The molecule has 3 aromatic carbocycles. The fourth-order valence-corrected chi connectivity index (χ4v) is 3.85. The highest BCUT2D eigenvalue weighted by molar-refractivity contribution is 6.22. The Kier molecular flexibility index (Phi) is 7.41. The van der Waals surface area contributed by atoms with E-state index in [1.807, 2.05) is 54.6 Å². The normalized spacial score (nSPS) is 11.6. The molecule has 0 saturated carbocycles. The molecule has 0 bridgehead atoms.